The summed E-state index contributed by atoms with van der Waals surface area (Å²) in [5, 5.41) is 5.97. The number of hydrogen-bond donors (Lipinski definition) is 1. The van der Waals surface area contributed by atoms with Crippen molar-refractivity contribution >= 4 is 18.7 Å². The summed E-state index contributed by atoms with van der Waals surface area (Å²) < 4.78 is 6.77. The Morgan fingerprint density at radius 2 is 1.35 bits per heavy atom. The second kappa shape index (κ2) is 7.91. The molecule has 0 saturated carbocycles. The Hall–Kier alpha value is -1.42. The Bertz CT molecular complexity index is 538. The molecule has 0 amide bonds. The predicted octanol–water partition coefficient (Wildman–Crippen LogP) is 3.17. The molecule has 0 bridgehead atoms. The van der Waals surface area contributed by atoms with Gasteiger partial charge in [-0.05, 0) is 35.4 Å². The average molecular weight is 328 g/mol. The van der Waals surface area contributed by atoms with Gasteiger partial charge in [-0.25, -0.2) is 0 Å². The van der Waals surface area contributed by atoms with Crippen LogP contribution in [0.15, 0.2) is 60.7 Å². The first kappa shape index (κ1) is 17.9. The Morgan fingerprint density at radius 3 is 1.74 bits per heavy atom. The van der Waals surface area contributed by atoms with E-state index in [1.54, 1.807) is 0 Å². The van der Waals surface area contributed by atoms with E-state index in [1.165, 1.54) is 10.4 Å². The zero-order valence-corrected chi connectivity index (χ0v) is 15.8. The van der Waals surface area contributed by atoms with Gasteiger partial charge in [-0.1, -0.05) is 81.4 Å². The van der Waals surface area contributed by atoms with E-state index in [2.05, 4.69) is 86.8 Å². The highest BCUT2D eigenvalue weighted by molar-refractivity contribution is 6.99. The first-order valence-corrected chi connectivity index (χ1v) is 10.3. The maximum absolute atomic E-state index is 6.77. The van der Waals surface area contributed by atoms with Gasteiger partial charge in [-0.15, -0.1) is 0 Å². The minimum Gasteiger partial charge on any atom is -0.407 e. The van der Waals surface area contributed by atoms with Crippen LogP contribution in [-0.4, -0.2) is 28.5 Å². The summed E-state index contributed by atoms with van der Waals surface area (Å²) in [5.41, 5.74) is 0. The van der Waals surface area contributed by atoms with Gasteiger partial charge in [0.15, 0.2) is 0 Å². The van der Waals surface area contributed by atoms with E-state index in [1.807, 2.05) is 7.05 Å². The van der Waals surface area contributed by atoms with Crippen LogP contribution in [-0.2, 0) is 4.43 Å². The van der Waals surface area contributed by atoms with Gasteiger partial charge in [0.05, 0.1) is 0 Å². The fraction of sp³-hybridized carbons (Fsp3) is 0.400. The summed E-state index contributed by atoms with van der Waals surface area (Å²) in [6, 6.07) is 21.6. The topological polar surface area (TPSA) is 21.3 Å². The SMILES string of the molecule is CNCCCO[Si](c1ccccc1)(c1ccccc1)C(C)(C)C. The minimum absolute atomic E-state index is 0.0648. The highest BCUT2D eigenvalue weighted by Crippen LogP contribution is 2.36. The van der Waals surface area contributed by atoms with Crippen LogP contribution in [0.3, 0.4) is 0 Å². The molecule has 0 fully saturated rings. The molecule has 3 heteroatoms. The molecule has 0 aliphatic rings. The van der Waals surface area contributed by atoms with Gasteiger partial charge < -0.3 is 9.74 Å². The van der Waals surface area contributed by atoms with Crippen molar-refractivity contribution in [2.24, 2.45) is 0 Å². The van der Waals surface area contributed by atoms with Crippen LogP contribution in [0.25, 0.3) is 0 Å². The molecule has 0 atom stereocenters. The maximum atomic E-state index is 6.77. The zero-order chi connectivity index (χ0) is 16.8. The molecule has 0 aliphatic carbocycles. The lowest BCUT2D eigenvalue weighted by Crippen LogP contribution is -2.66. The monoisotopic (exact) mass is 327 g/mol. The molecule has 0 aromatic heterocycles. The molecule has 0 radical (unpaired) electrons. The van der Waals surface area contributed by atoms with E-state index in [0.29, 0.717) is 0 Å². The zero-order valence-electron chi connectivity index (χ0n) is 14.8. The van der Waals surface area contributed by atoms with E-state index in [-0.39, 0.29) is 5.04 Å². The van der Waals surface area contributed by atoms with E-state index < -0.39 is 8.32 Å². The molecular formula is C20H29NOSi. The summed E-state index contributed by atoms with van der Waals surface area (Å²) in [6.07, 6.45) is 1.03. The Balaban J connectivity index is 2.51. The van der Waals surface area contributed by atoms with Crippen LogP contribution in [0, 0.1) is 0 Å². The molecule has 2 aromatic rings. The lowest BCUT2D eigenvalue weighted by molar-refractivity contribution is 0.291. The normalized spacial score (nSPS) is 12.3. The van der Waals surface area contributed by atoms with E-state index in [9.17, 15) is 0 Å². The smallest absolute Gasteiger partial charge is 0.261 e. The second-order valence-corrected chi connectivity index (χ2v) is 11.3. The van der Waals surface area contributed by atoms with Crippen LogP contribution in [0.4, 0.5) is 0 Å². The van der Waals surface area contributed by atoms with Gasteiger partial charge >= 0.3 is 0 Å². The molecule has 0 heterocycles. The molecule has 0 unspecified atom stereocenters. The summed E-state index contributed by atoms with van der Waals surface area (Å²) in [4.78, 5) is 0. The van der Waals surface area contributed by atoms with E-state index in [4.69, 9.17) is 4.43 Å². The number of nitrogens with one attached hydrogen (secondary N) is 1. The largest absolute Gasteiger partial charge is 0.407 e. The van der Waals surface area contributed by atoms with Crippen molar-refractivity contribution in [3.63, 3.8) is 0 Å². The summed E-state index contributed by atoms with van der Waals surface area (Å²) >= 11 is 0. The van der Waals surface area contributed by atoms with Gasteiger partial charge in [0.1, 0.15) is 0 Å². The lowest BCUT2D eigenvalue weighted by Gasteiger charge is -2.43. The molecule has 1 N–H and O–H groups in total. The predicted molar refractivity (Wildman–Crippen MR) is 102 cm³/mol. The first-order valence-electron chi connectivity index (χ1n) is 8.42. The first-order chi connectivity index (χ1) is 11.0. The molecule has 0 spiro atoms. The van der Waals surface area contributed by atoms with E-state index >= 15 is 0 Å². The minimum atomic E-state index is -2.33. The van der Waals surface area contributed by atoms with Crippen LogP contribution in [0.5, 0.6) is 0 Å². The van der Waals surface area contributed by atoms with Crippen molar-refractivity contribution in [2.45, 2.75) is 32.2 Å². The highest BCUT2D eigenvalue weighted by atomic mass is 28.4. The lowest BCUT2D eigenvalue weighted by atomic mass is 10.2. The standard InChI is InChI=1S/C20H29NOSi/c1-20(2,3)23(22-17-11-16-21-4,18-12-7-5-8-13-18)19-14-9-6-10-15-19/h5-10,12-15,21H,11,16-17H2,1-4H3. The van der Waals surface area contributed by atoms with Gasteiger partial charge in [0, 0.05) is 6.61 Å². The average Bonchev–Trinajstić information content (AvgIpc) is 2.55. The molecule has 2 rings (SSSR count). The van der Waals surface area contributed by atoms with Crippen LogP contribution >= 0.6 is 0 Å². The van der Waals surface area contributed by atoms with Crippen LogP contribution in [0.2, 0.25) is 5.04 Å². The summed E-state index contributed by atoms with van der Waals surface area (Å²) in [5.74, 6) is 0. The van der Waals surface area contributed by atoms with Crippen LogP contribution in [0.1, 0.15) is 27.2 Å². The quantitative estimate of drug-likeness (QED) is 0.623. The third-order valence-electron chi connectivity index (χ3n) is 4.31. The van der Waals surface area contributed by atoms with Crippen LogP contribution < -0.4 is 15.7 Å². The van der Waals surface area contributed by atoms with Crippen molar-refractivity contribution in [2.75, 3.05) is 20.2 Å². The number of hydrogen-bond acceptors (Lipinski definition) is 2. The third kappa shape index (κ3) is 3.92. The molecule has 0 saturated heterocycles. The molecule has 2 aromatic carbocycles. The third-order valence-corrected chi connectivity index (χ3v) is 9.35. The fourth-order valence-electron chi connectivity index (χ4n) is 3.24. The molecular weight excluding hydrogens is 298 g/mol. The molecule has 23 heavy (non-hydrogen) atoms. The van der Waals surface area contributed by atoms with Gasteiger partial charge in [-0.3, -0.25) is 0 Å². The number of benzene rings is 2. The summed E-state index contributed by atoms with van der Waals surface area (Å²) in [6.45, 7) is 8.72. The van der Waals surface area contributed by atoms with Crippen molar-refractivity contribution in [3.8, 4) is 0 Å². The van der Waals surface area contributed by atoms with Crippen molar-refractivity contribution in [3.05, 3.63) is 60.7 Å². The van der Waals surface area contributed by atoms with Crippen molar-refractivity contribution in [1.82, 2.24) is 5.32 Å². The van der Waals surface area contributed by atoms with Gasteiger partial charge in [-0.2, -0.15) is 0 Å². The Morgan fingerprint density at radius 1 is 0.870 bits per heavy atom. The van der Waals surface area contributed by atoms with Gasteiger partial charge in [0.25, 0.3) is 8.32 Å². The molecule has 0 aliphatic heterocycles. The summed E-state index contributed by atoms with van der Waals surface area (Å²) in [7, 11) is -0.338. The Kier molecular flexibility index (Phi) is 6.16. The van der Waals surface area contributed by atoms with Crippen molar-refractivity contribution in [1.29, 1.82) is 0 Å². The molecule has 2 nitrogen and oxygen atoms in total. The number of rotatable bonds is 7. The second-order valence-electron chi connectivity index (χ2n) is 6.97. The fourth-order valence-corrected chi connectivity index (χ4v) is 7.84. The highest BCUT2D eigenvalue weighted by Gasteiger charge is 2.49. The van der Waals surface area contributed by atoms with E-state index in [0.717, 1.165) is 19.6 Å². The molecule has 124 valence electrons. The van der Waals surface area contributed by atoms with Gasteiger partial charge in [0.2, 0.25) is 0 Å². The Labute approximate surface area is 142 Å². The van der Waals surface area contributed by atoms with Crippen molar-refractivity contribution < 1.29 is 4.43 Å². The maximum Gasteiger partial charge on any atom is 0.261 e.